The van der Waals surface area contributed by atoms with E-state index in [1.54, 1.807) is 12.1 Å². The van der Waals surface area contributed by atoms with Crippen LogP contribution in [0.25, 0.3) is 6.08 Å². The Morgan fingerprint density at radius 2 is 1.76 bits per heavy atom. The molecule has 0 aliphatic rings. The molecule has 6 nitrogen and oxygen atoms in total. The highest BCUT2D eigenvalue weighted by Crippen LogP contribution is 2.29. The standard InChI is InChI=1S/C24H17ClN4O2S3/c25-19-8-6-17(7-9-19)14-32-21-11-10-20(31-21)12-18(13-26)22(30)27-23-28-29-24(34-23)33-15-16-4-2-1-3-5-16/h1-12H,14-15H2,(H,27,28,30). The summed E-state index contributed by atoms with van der Waals surface area (Å²) in [5.74, 6) is 1.32. The van der Waals surface area contributed by atoms with Crippen LogP contribution < -0.4 is 5.32 Å². The number of benzene rings is 2. The molecule has 0 saturated heterocycles. The third-order valence-corrected chi connectivity index (χ3v) is 7.66. The highest BCUT2D eigenvalue weighted by Gasteiger charge is 2.14. The zero-order valence-corrected chi connectivity index (χ0v) is 20.8. The summed E-state index contributed by atoms with van der Waals surface area (Å²) < 4.78 is 6.47. The van der Waals surface area contributed by atoms with Gasteiger partial charge in [-0.15, -0.1) is 10.2 Å². The summed E-state index contributed by atoms with van der Waals surface area (Å²) >= 11 is 10.2. The zero-order valence-electron chi connectivity index (χ0n) is 17.6. The summed E-state index contributed by atoms with van der Waals surface area (Å²) in [6, 6.07) is 23.1. The first-order chi connectivity index (χ1) is 16.6. The van der Waals surface area contributed by atoms with Crippen LogP contribution in [0.5, 0.6) is 0 Å². The van der Waals surface area contributed by atoms with Gasteiger partial charge >= 0.3 is 0 Å². The van der Waals surface area contributed by atoms with Crippen molar-refractivity contribution in [3.63, 3.8) is 0 Å². The molecule has 0 spiro atoms. The molecule has 0 saturated carbocycles. The fourth-order valence-electron chi connectivity index (χ4n) is 2.72. The summed E-state index contributed by atoms with van der Waals surface area (Å²) in [5.41, 5.74) is 2.20. The zero-order chi connectivity index (χ0) is 23.8. The van der Waals surface area contributed by atoms with E-state index < -0.39 is 5.91 Å². The molecular weight excluding hydrogens is 508 g/mol. The minimum absolute atomic E-state index is 0.0858. The largest absolute Gasteiger partial charge is 0.450 e. The number of nitrogens with zero attached hydrogens (tertiary/aromatic N) is 3. The van der Waals surface area contributed by atoms with Crippen molar-refractivity contribution in [1.29, 1.82) is 5.26 Å². The van der Waals surface area contributed by atoms with Crippen molar-refractivity contribution < 1.29 is 9.21 Å². The molecule has 0 radical (unpaired) electrons. The first-order valence-electron chi connectivity index (χ1n) is 9.99. The van der Waals surface area contributed by atoms with Gasteiger partial charge in [-0.2, -0.15) is 5.26 Å². The van der Waals surface area contributed by atoms with Crippen LogP contribution in [-0.4, -0.2) is 16.1 Å². The maximum atomic E-state index is 12.6. The van der Waals surface area contributed by atoms with Crippen molar-refractivity contribution in [3.05, 3.63) is 94.2 Å². The molecule has 34 heavy (non-hydrogen) atoms. The van der Waals surface area contributed by atoms with E-state index in [0.717, 1.165) is 15.7 Å². The Morgan fingerprint density at radius 3 is 2.53 bits per heavy atom. The van der Waals surface area contributed by atoms with E-state index in [1.165, 1.54) is 46.5 Å². The molecule has 1 amide bonds. The van der Waals surface area contributed by atoms with E-state index >= 15 is 0 Å². The molecule has 2 heterocycles. The number of nitrogens with one attached hydrogen (secondary N) is 1. The van der Waals surface area contributed by atoms with E-state index in [0.29, 0.717) is 26.8 Å². The van der Waals surface area contributed by atoms with Gasteiger partial charge < -0.3 is 4.42 Å². The molecule has 2 aromatic heterocycles. The number of nitriles is 1. The Balaban J connectivity index is 1.33. The fraction of sp³-hybridized carbons (Fsp3) is 0.0833. The van der Waals surface area contributed by atoms with Gasteiger partial charge in [-0.25, -0.2) is 0 Å². The summed E-state index contributed by atoms with van der Waals surface area (Å²) in [6.45, 7) is 0. The molecule has 0 fully saturated rings. The van der Waals surface area contributed by atoms with Crippen LogP contribution in [0.1, 0.15) is 16.9 Å². The van der Waals surface area contributed by atoms with Crippen LogP contribution in [0.4, 0.5) is 5.13 Å². The lowest BCUT2D eigenvalue weighted by atomic mass is 10.2. The van der Waals surface area contributed by atoms with Gasteiger partial charge in [0, 0.05) is 22.6 Å². The molecule has 1 N–H and O–H groups in total. The van der Waals surface area contributed by atoms with Gasteiger partial charge in [-0.1, -0.05) is 88.9 Å². The predicted octanol–water partition coefficient (Wildman–Crippen LogP) is 6.91. The smallest absolute Gasteiger partial charge is 0.268 e. The van der Waals surface area contributed by atoms with Crippen LogP contribution >= 0.6 is 46.5 Å². The Kier molecular flexibility index (Phi) is 8.44. The van der Waals surface area contributed by atoms with Gasteiger partial charge in [0.1, 0.15) is 17.4 Å². The molecular formula is C24H17ClN4O2S3. The van der Waals surface area contributed by atoms with Gasteiger partial charge in [-0.05, 0) is 35.4 Å². The summed E-state index contributed by atoms with van der Waals surface area (Å²) in [5, 5.41) is 21.9. The number of aromatic nitrogens is 2. The first-order valence-corrected chi connectivity index (χ1v) is 13.2. The number of carbonyl (C=O) groups excluding carboxylic acids is 1. The van der Waals surface area contributed by atoms with Crippen molar-refractivity contribution >= 4 is 63.6 Å². The van der Waals surface area contributed by atoms with Gasteiger partial charge in [0.15, 0.2) is 9.43 Å². The van der Waals surface area contributed by atoms with E-state index in [-0.39, 0.29) is 5.57 Å². The van der Waals surface area contributed by atoms with E-state index in [9.17, 15) is 10.1 Å². The Hall–Kier alpha value is -3.03. The molecule has 0 atom stereocenters. The number of anilines is 1. The molecule has 4 aromatic rings. The molecule has 4 rings (SSSR count). The second-order valence-electron chi connectivity index (χ2n) is 6.84. The highest BCUT2D eigenvalue weighted by molar-refractivity contribution is 8.00. The van der Waals surface area contributed by atoms with E-state index in [4.69, 9.17) is 16.0 Å². The lowest BCUT2D eigenvalue weighted by Crippen LogP contribution is -2.13. The number of furan rings is 1. The second-order valence-corrected chi connectivity index (χ2v) is 10.5. The molecule has 0 bridgehead atoms. The predicted molar refractivity (Wildman–Crippen MR) is 138 cm³/mol. The van der Waals surface area contributed by atoms with Crippen LogP contribution in [-0.2, 0) is 16.3 Å². The normalized spacial score (nSPS) is 11.2. The van der Waals surface area contributed by atoms with Crippen molar-refractivity contribution in [1.82, 2.24) is 10.2 Å². The third kappa shape index (κ3) is 6.98. The SMILES string of the molecule is N#CC(=Cc1ccc(SCc2ccc(Cl)cc2)o1)C(=O)Nc1nnc(SCc2ccccc2)s1. The fourth-order valence-corrected chi connectivity index (χ4v) is 5.37. The maximum Gasteiger partial charge on any atom is 0.268 e. The third-order valence-electron chi connectivity index (χ3n) is 4.38. The lowest BCUT2D eigenvalue weighted by Gasteiger charge is -2.00. The molecule has 0 unspecified atom stereocenters. The van der Waals surface area contributed by atoms with Crippen LogP contribution in [0.2, 0.25) is 5.02 Å². The number of rotatable bonds is 9. The second kappa shape index (κ2) is 11.9. The average molecular weight is 525 g/mol. The van der Waals surface area contributed by atoms with Gasteiger partial charge in [0.05, 0.1) is 0 Å². The summed E-state index contributed by atoms with van der Waals surface area (Å²) in [6.07, 6.45) is 1.41. The topological polar surface area (TPSA) is 91.8 Å². The number of carbonyl (C=O) groups is 1. The Morgan fingerprint density at radius 1 is 1.03 bits per heavy atom. The van der Waals surface area contributed by atoms with Crippen molar-refractivity contribution in [2.24, 2.45) is 0 Å². The average Bonchev–Trinajstić information content (AvgIpc) is 3.50. The van der Waals surface area contributed by atoms with E-state index in [2.05, 4.69) is 15.5 Å². The Bertz CT molecular complexity index is 1330. The number of amides is 1. The number of thioether (sulfide) groups is 2. The maximum absolute atomic E-state index is 12.6. The molecule has 0 aliphatic carbocycles. The van der Waals surface area contributed by atoms with Crippen molar-refractivity contribution in [3.8, 4) is 6.07 Å². The van der Waals surface area contributed by atoms with Gasteiger partial charge in [0.2, 0.25) is 5.13 Å². The highest BCUT2D eigenvalue weighted by atomic mass is 35.5. The quantitative estimate of drug-likeness (QED) is 0.110. The lowest BCUT2D eigenvalue weighted by molar-refractivity contribution is -0.112. The van der Waals surface area contributed by atoms with E-state index in [1.807, 2.05) is 60.7 Å². The van der Waals surface area contributed by atoms with Crippen LogP contribution in [0, 0.1) is 11.3 Å². The minimum atomic E-state index is -0.565. The molecule has 170 valence electrons. The summed E-state index contributed by atoms with van der Waals surface area (Å²) in [7, 11) is 0. The van der Waals surface area contributed by atoms with Crippen molar-refractivity contribution in [2.45, 2.75) is 20.9 Å². The van der Waals surface area contributed by atoms with Crippen LogP contribution in [0.15, 0.2) is 86.2 Å². The summed E-state index contributed by atoms with van der Waals surface area (Å²) in [4.78, 5) is 12.6. The number of hydrogen-bond acceptors (Lipinski definition) is 8. The van der Waals surface area contributed by atoms with Gasteiger partial charge in [-0.3, -0.25) is 10.1 Å². The number of hydrogen-bond donors (Lipinski definition) is 1. The van der Waals surface area contributed by atoms with Crippen molar-refractivity contribution in [2.75, 3.05) is 5.32 Å². The van der Waals surface area contributed by atoms with Crippen LogP contribution in [0.3, 0.4) is 0 Å². The first kappa shape index (κ1) is 24.1. The number of halogens is 1. The minimum Gasteiger partial charge on any atom is -0.450 e. The molecule has 2 aromatic carbocycles. The Labute approximate surface area is 214 Å². The monoisotopic (exact) mass is 524 g/mol. The van der Waals surface area contributed by atoms with Gasteiger partial charge in [0.25, 0.3) is 5.91 Å². The molecule has 10 heteroatoms. The molecule has 0 aliphatic heterocycles.